The van der Waals surface area contributed by atoms with E-state index in [-0.39, 0.29) is 17.7 Å². The molecule has 0 rings (SSSR count). The largest absolute Gasteiger partial charge is 0.409 e. The van der Waals surface area contributed by atoms with Crippen molar-refractivity contribution < 1.29 is 10.0 Å². The number of amides is 1. The third-order valence-corrected chi connectivity index (χ3v) is 2.54. The predicted molar refractivity (Wildman–Crippen MR) is 59.7 cm³/mol. The van der Waals surface area contributed by atoms with Crippen LogP contribution in [0.15, 0.2) is 5.16 Å². The molecule has 0 saturated carbocycles. The Morgan fingerprint density at radius 3 is 2.27 bits per heavy atom. The molecule has 15 heavy (non-hydrogen) atoms. The maximum absolute atomic E-state index is 11.7. The summed E-state index contributed by atoms with van der Waals surface area (Å²) in [7, 11) is 0. The first kappa shape index (κ1) is 13.7. The van der Waals surface area contributed by atoms with Crippen LogP contribution in [0, 0.1) is 5.92 Å². The molecule has 0 fully saturated rings. The van der Waals surface area contributed by atoms with Gasteiger partial charge in [-0.25, -0.2) is 0 Å². The third-order valence-electron chi connectivity index (χ3n) is 2.54. The summed E-state index contributed by atoms with van der Waals surface area (Å²) in [6.07, 6.45) is 1.57. The molecule has 0 saturated heterocycles. The summed E-state index contributed by atoms with van der Waals surface area (Å²) in [6, 6.07) is 0. The normalized spacial score (nSPS) is 13.0. The van der Waals surface area contributed by atoms with Crippen molar-refractivity contribution in [3.05, 3.63) is 0 Å². The quantitative estimate of drug-likeness (QED) is 0.277. The van der Waals surface area contributed by atoms with E-state index < -0.39 is 5.54 Å². The fourth-order valence-corrected chi connectivity index (χ4v) is 1.26. The number of rotatable bonds is 5. The molecule has 88 valence electrons. The predicted octanol–water partition coefficient (Wildman–Crippen LogP) is 1.06. The topological polar surface area (TPSA) is 87.7 Å². The van der Waals surface area contributed by atoms with Crippen molar-refractivity contribution in [2.45, 2.75) is 46.1 Å². The molecule has 0 aliphatic carbocycles. The molecule has 0 aromatic heterocycles. The van der Waals surface area contributed by atoms with Gasteiger partial charge in [0.1, 0.15) is 0 Å². The van der Waals surface area contributed by atoms with Gasteiger partial charge in [0.05, 0.1) is 5.54 Å². The average Bonchev–Trinajstić information content (AvgIpc) is 2.17. The number of nitrogens with one attached hydrogen (secondary N) is 1. The number of hydrogen-bond acceptors (Lipinski definition) is 3. The number of hydrogen-bond donors (Lipinski definition) is 3. The minimum absolute atomic E-state index is 0.00167. The number of amidine groups is 1. The van der Waals surface area contributed by atoms with Crippen LogP contribution in [0.5, 0.6) is 0 Å². The Morgan fingerprint density at radius 1 is 1.47 bits per heavy atom. The summed E-state index contributed by atoms with van der Waals surface area (Å²) in [5.74, 6) is -0.0748. The molecule has 5 nitrogen and oxygen atoms in total. The second-order valence-electron chi connectivity index (χ2n) is 4.11. The summed E-state index contributed by atoms with van der Waals surface area (Å²) in [6.45, 7) is 7.32. The fraction of sp³-hybridized carbons (Fsp3) is 0.800. The minimum Gasteiger partial charge on any atom is -0.409 e. The van der Waals surface area contributed by atoms with Crippen molar-refractivity contribution in [2.24, 2.45) is 16.8 Å². The highest BCUT2D eigenvalue weighted by molar-refractivity contribution is 5.93. The maximum atomic E-state index is 11.7. The van der Waals surface area contributed by atoms with Crippen LogP contribution in [0.1, 0.15) is 40.5 Å². The van der Waals surface area contributed by atoms with E-state index in [2.05, 4.69) is 10.5 Å². The molecule has 0 aliphatic rings. The zero-order valence-electron chi connectivity index (χ0n) is 9.87. The van der Waals surface area contributed by atoms with Crippen molar-refractivity contribution in [3.63, 3.8) is 0 Å². The van der Waals surface area contributed by atoms with Crippen LogP contribution in [-0.4, -0.2) is 22.5 Å². The Morgan fingerprint density at radius 2 is 1.93 bits per heavy atom. The lowest BCUT2D eigenvalue weighted by Gasteiger charge is -2.26. The molecular weight excluding hydrogens is 194 g/mol. The number of carbonyl (C=O) groups excluding carboxylic acids is 1. The standard InChI is InChI=1S/C10H21N3O2/c1-5-7(6-2)8(14)12-10(3,4)9(11)13-15/h7,15H,5-6H2,1-4H3,(H2,11,13)(H,12,14). The average molecular weight is 215 g/mol. The molecule has 0 aromatic rings. The van der Waals surface area contributed by atoms with E-state index in [1.807, 2.05) is 13.8 Å². The molecule has 0 atom stereocenters. The number of oxime groups is 1. The second-order valence-corrected chi connectivity index (χ2v) is 4.11. The smallest absolute Gasteiger partial charge is 0.223 e. The van der Waals surface area contributed by atoms with Gasteiger partial charge < -0.3 is 16.3 Å². The minimum atomic E-state index is -0.811. The highest BCUT2D eigenvalue weighted by Gasteiger charge is 2.27. The molecular formula is C10H21N3O2. The van der Waals surface area contributed by atoms with E-state index in [0.29, 0.717) is 0 Å². The summed E-state index contributed by atoms with van der Waals surface area (Å²) in [5, 5.41) is 14.2. The number of nitrogens with two attached hydrogens (primary N) is 1. The van der Waals surface area contributed by atoms with Gasteiger partial charge in [-0.3, -0.25) is 4.79 Å². The molecule has 0 radical (unpaired) electrons. The van der Waals surface area contributed by atoms with Gasteiger partial charge >= 0.3 is 0 Å². The first-order valence-corrected chi connectivity index (χ1v) is 5.19. The van der Waals surface area contributed by atoms with Gasteiger partial charge in [-0.05, 0) is 26.7 Å². The van der Waals surface area contributed by atoms with E-state index in [9.17, 15) is 4.79 Å². The Bertz CT molecular complexity index is 245. The molecule has 0 spiro atoms. The second kappa shape index (κ2) is 5.58. The van der Waals surface area contributed by atoms with Crippen LogP contribution >= 0.6 is 0 Å². The number of nitrogens with zero attached hydrogens (tertiary/aromatic N) is 1. The Balaban J connectivity index is 4.52. The third kappa shape index (κ3) is 3.77. The summed E-state index contributed by atoms with van der Waals surface area (Å²) >= 11 is 0. The number of carbonyl (C=O) groups is 1. The van der Waals surface area contributed by atoms with Crippen molar-refractivity contribution in [1.82, 2.24) is 5.32 Å². The summed E-state index contributed by atoms with van der Waals surface area (Å²) in [4.78, 5) is 11.7. The maximum Gasteiger partial charge on any atom is 0.223 e. The van der Waals surface area contributed by atoms with Gasteiger partial charge in [-0.1, -0.05) is 19.0 Å². The van der Waals surface area contributed by atoms with Gasteiger partial charge in [0, 0.05) is 5.92 Å². The first-order valence-electron chi connectivity index (χ1n) is 5.19. The van der Waals surface area contributed by atoms with E-state index in [1.54, 1.807) is 13.8 Å². The monoisotopic (exact) mass is 215 g/mol. The lowest BCUT2D eigenvalue weighted by atomic mass is 9.98. The van der Waals surface area contributed by atoms with Crippen LogP contribution in [-0.2, 0) is 4.79 Å². The molecule has 5 heteroatoms. The highest BCUT2D eigenvalue weighted by atomic mass is 16.4. The van der Waals surface area contributed by atoms with Gasteiger partial charge in [-0.2, -0.15) is 0 Å². The Labute approximate surface area is 90.7 Å². The summed E-state index contributed by atoms with van der Waals surface area (Å²) < 4.78 is 0. The molecule has 0 aliphatic heterocycles. The van der Waals surface area contributed by atoms with Gasteiger partial charge in [-0.15, -0.1) is 0 Å². The highest BCUT2D eigenvalue weighted by Crippen LogP contribution is 2.10. The fourth-order valence-electron chi connectivity index (χ4n) is 1.26. The molecule has 0 heterocycles. The van der Waals surface area contributed by atoms with Crippen LogP contribution in [0.25, 0.3) is 0 Å². The zero-order valence-corrected chi connectivity index (χ0v) is 9.87. The van der Waals surface area contributed by atoms with Crippen LogP contribution in [0.3, 0.4) is 0 Å². The SMILES string of the molecule is CCC(CC)C(=O)NC(C)(C)/C(N)=N/O. The molecule has 0 bridgehead atoms. The van der Waals surface area contributed by atoms with E-state index in [4.69, 9.17) is 10.9 Å². The lowest BCUT2D eigenvalue weighted by Crippen LogP contribution is -2.54. The zero-order chi connectivity index (χ0) is 12.1. The molecule has 1 amide bonds. The van der Waals surface area contributed by atoms with Crippen molar-refractivity contribution in [1.29, 1.82) is 0 Å². The molecule has 0 aromatic carbocycles. The van der Waals surface area contributed by atoms with E-state index in [0.717, 1.165) is 12.8 Å². The van der Waals surface area contributed by atoms with E-state index in [1.165, 1.54) is 0 Å². The van der Waals surface area contributed by atoms with E-state index >= 15 is 0 Å². The molecule has 4 N–H and O–H groups in total. The van der Waals surface area contributed by atoms with Gasteiger partial charge in [0.25, 0.3) is 0 Å². The summed E-state index contributed by atoms with van der Waals surface area (Å²) in [5.41, 5.74) is 4.66. The van der Waals surface area contributed by atoms with Crippen LogP contribution in [0.2, 0.25) is 0 Å². The Hall–Kier alpha value is -1.26. The van der Waals surface area contributed by atoms with Crippen LogP contribution < -0.4 is 11.1 Å². The van der Waals surface area contributed by atoms with Gasteiger partial charge in [0.2, 0.25) is 5.91 Å². The van der Waals surface area contributed by atoms with Crippen molar-refractivity contribution >= 4 is 11.7 Å². The van der Waals surface area contributed by atoms with Gasteiger partial charge in [0.15, 0.2) is 5.84 Å². The van der Waals surface area contributed by atoms with Crippen molar-refractivity contribution in [3.8, 4) is 0 Å². The molecule has 0 unspecified atom stereocenters. The van der Waals surface area contributed by atoms with Crippen molar-refractivity contribution in [2.75, 3.05) is 0 Å². The van der Waals surface area contributed by atoms with Crippen LogP contribution in [0.4, 0.5) is 0 Å². The Kier molecular flexibility index (Phi) is 5.11. The first-order chi connectivity index (χ1) is 6.88. The lowest BCUT2D eigenvalue weighted by molar-refractivity contribution is -0.126.